The number of carbonyl (C=O) groups is 2. The maximum atomic E-state index is 12.5. The molecule has 0 aromatic carbocycles. The third kappa shape index (κ3) is 9.45. The molecule has 1 rings (SSSR count). The Kier molecular flexibility index (Phi) is 8.58. The molecular formula is C21H41N3O3. The third-order valence-corrected chi connectivity index (χ3v) is 4.96. The molecule has 1 aliphatic heterocycles. The van der Waals surface area contributed by atoms with Gasteiger partial charge in [0, 0.05) is 25.6 Å². The van der Waals surface area contributed by atoms with Crippen LogP contribution in [0.3, 0.4) is 0 Å². The van der Waals surface area contributed by atoms with Gasteiger partial charge in [0.1, 0.15) is 5.60 Å². The highest BCUT2D eigenvalue weighted by molar-refractivity contribution is 5.76. The number of rotatable bonds is 7. The average Bonchev–Trinajstić information content (AvgIpc) is 2.95. The Balaban J connectivity index is 2.42. The van der Waals surface area contributed by atoms with Gasteiger partial charge in [-0.2, -0.15) is 0 Å². The zero-order valence-electron chi connectivity index (χ0n) is 18.7. The number of hydrogen-bond acceptors (Lipinski definition) is 4. The van der Waals surface area contributed by atoms with Crippen LogP contribution < -0.4 is 5.32 Å². The lowest BCUT2D eigenvalue weighted by Crippen LogP contribution is -2.45. The second-order valence-electron chi connectivity index (χ2n) is 10.2. The molecule has 2 amide bonds. The van der Waals surface area contributed by atoms with Crippen LogP contribution in [0.2, 0.25) is 0 Å². The fraction of sp³-hybridized carbons (Fsp3) is 0.905. The predicted octanol–water partition coefficient (Wildman–Crippen LogP) is 3.51. The summed E-state index contributed by atoms with van der Waals surface area (Å²) < 4.78 is 5.44. The average molecular weight is 384 g/mol. The molecule has 1 saturated heterocycles. The number of nitrogens with one attached hydrogen (secondary N) is 1. The van der Waals surface area contributed by atoms with Crippen molar-refractivity contribution in [3.05, 3.63) is 0 Å². The summed E-state index contributed by atoms with van der Waals surface area (Å²) in [5.41, 5.74) is -0.434. The summed E-state index contributed by atoms with van der Waals surface area (Å²) in [4.78, 5) is 28.5. The normalized spacial score (nSPS) is 19.3. The number of hydrogen-bond donors (Lipinski definition) is 1. The summed E-state index contributed by atoms with van der Waals surface area (Å²) in [5.74, 6) is 0.488. The maximum absolute atomic E-state index is 12.5. The first-order valence-corrected chi connectivity index (χ1v) is 10.2. The van der Waals surface area contributed by atoms with Crippen LogP contribution in [0, 0.1) is 11.3 Å². The zero-order chi connectivity index (χ0) is 20.8. The molecule has 0 unspecified atom stereocenters. The van der Waals surface area contributed by atoms with Gasteiger partial charge in [-0.15, -0.1) is 0 Å². The van der Waals surface area contributed by atoms with Crippen LogP contribution in [-0.4, -0.2) is 67.2 Å². The van der Waals surface area contributed by atoms with E-state index in [4.69, 9.17) is 4.74 Å². The Morgan fingerprint density at radius 1 is 1.19 bits per heavy atom. The molecule has 2 atom stereocenters. The molecule has 1 fully saturated rings. The number of carbonyl (C=O) groups excluding carboxylic acids is 2. The van der Waals surface area contributed by atoms with Gasteiger partial charge >= 0.3 is 6.09 Å². The molecule has 0 spiro atoms. The molecule has 6 heteroatoms. The van der Waals surface area contributed by atoms with E-state index in [1.54, 1.807) is 4.90 Å². The molecule has 0 saturated carbocycles. The van der Waals surface area contributed by atoms with Crippen molar-refractivity contribution in [3.63, 3.8) is 0 Å². The van der Waals surface area contributed by atoms with Gasteiger partial charge in [-0.1, -0.05) is 20.8 Å². The van der Waals surface area contributed by atoms with E-state index in [9.17, 15) is 9.59 Å². The number of nitrogens with zero attached hydrogens (tertiary/aromatic N) is 2. The molecule has 0 aliphatic carbocycles. The molecule has 1 heterocycles. The SMILES string of the molecule is CN(C)CC[C@@H](NC(=O)CC[C@@H]1CCN(C(=O)OC(C)(C)C)C1)C(C)(C)C. The van der Waals surface area contributed by atoms with E-state index in [1.165, 1.54) is 0 Å². The first kappa shape index (κ1) is 23.7. The molecule has 6 nitrogen and oxygen atoms in total. The second kappa shape index (κ2) is 9.76. The van der Waals surface area contributed by atoms with Crippen molar-refractivity contribution in [1.82, 2.24) is 15.1 Å². The highest BCUT2D eigenvalue weighted by Crippen LogP contribution is 2.25. The summed E-state index contributed by atoms with van der Waals surface area (Å²) >= 11 is 0. The Hall–Kier alpha value is -1.30. The molecular weight excluding hydrogens is 342 g/mol. The van der Waals surface area contributed by atoms with Crippen LogP contribution in [0.4, 0.5) is 4.79 Å². The van der Waals surface area contributed by atoms with Gasteiger partial charge in [0.2, 0.25) is 5.91 Å². The van der Waals surface area contributed by atoms with Gasteiger partial charge in [0.05, 0.1) is 0 Å². The standard InChI is InChI=1S/C21H41N3O3/c1-20(2,3)17(12-13-23(7)8)22-18(25)10-9-16-11-14-24(15-16)19(26)27-21(4,5)6/h16-17H,9-15H2,1-8H3,(H,22,25)/t16-,17-/m1/s1. The summed E-state index contributed by atoms with van der Waals surface area (Å²) in [6.07, 6.45) is 2.97. The summed E-state index contributed by atoms with van der Waals surface area (Å²) in [7, 11) is 4.11. The van der Waals surface area contributed by atoms with Crippen molar-refractivity contribution < 1.29 is 14.3 Å². The van der Waals surface area contributed by atoms with E-state index in [0.29, 0.717) is 25.4 Å². The van der Waals surface area contributed by atoms with Gasteiger partial charge < -0.3 is 19.9 Å². The molecule has 0 radical (unpaired) electrons. The fourth-order valence-electron chi connectivity index (χ4n) is 3.27. The highest BCUT2D eigenvalue weighted by atomic mass is 16.6. The zero-order valence-corrected chi connectivity index (χ0v) is 18.7. The molecule has 158 valence electrons. The fourth-order valence-corrected chi connectivity index (χ4v) is 3.27. The largest absolute Gasteiger partial charge is 0.444 e. The quantitative estimate of drug-likeness (QED) is 0.731. The van der Waals surface area contributed by atoms with E-state index in [2.05, 4.69) is 45.1 Å². The van der Waals surface area contributed by atoms with Crippen molar-refractivity contribution >= 4 is 12.0 Å². The van der Waals surface area contributed by atoms with Crippen LogP contribution in [0.5, 0.6) is 0 Å². The van der Waals surface area contributed by atoms with Crippen molar-refractivity contribution in [2.75, 3.05) is 33.7 Å². The van der Waals surface area contributed by atoms with Crippen molar-refractivity contribution in [1.29, 1.82) is 0 Å². The van der Waals surface area contributed by atoms with Gasteiger partial charge in [-0.3, -0.25) is 4.79 Å². The lowest BCUT2D eigenvalue weighted by Gasteiger charge is -2.32. The van der Waals surface area contributed by atoms with E-state index in [1.807, 2.05) is 20.8 Å². The molecule has 1 N–H and O–H groups in total. The lowest BCUT2D eigenvalue weighted by atomic mass is 9.84. The van der Waals surface area contributed by atoms with Gasteiger partial charge in [0.25, 0.3) is 0 Å². The minimum atomic E-state index is -0.469. The van der Waals surface area contributed by atoms with Crippen molar-refractivity contribution in [2.45, 2.75) is 78.9 Å². The van der Waals surface area contributed by atoms with Crippen LogP contribution in [0.1, 0.15) is 67.2 Å². The topological polar surface area (TPSA) is 61.9 Å². The van der Waals surface area contributed by atoms with Crippen molar-refractivity contribution in [3.8, 4) is 0 Å². The number of likely N-dealkylation sites (tertiary alicyclic amines) is 1. The lowest BCUT2D eigenvalue weighted by molar-refractivity contribution is -0.122. The van der Waals surface area contributed by atoms with Crippen molar-refractivity contribution in [2.24, 2.45) is 11.3 Å². The predicted molar refractivity (Wildman–Crippen MR) is 110 cm³/mol. The maximum Gasteiger partial charge on any atom is 0.410 e. The Morgan fingerprint density at radius 3 is 2.33 bits per heavy atom. The molecule has 1 aliphatic rings. The second-order valence-corrected chi connectivity index (χ2v) is 10.2. The molecule has 27 heavy (non-hydrogen) atoms. The minimum Gasteiger partial charge on any atom is -0.444 e. The monoisotopic (exact) mass is 383 g/mol. The van der Waals surface area contributed by atoms with Crippen LogP contribution in [0.15, 0.2) is 0 Å². The van der Waals surface area contributed by atoms with Crippen LogP contribution in [0.25, 0.3) is 0 Å². The first-order valence-electron chi connectivity index (χ1n) is 10.2. The Bertz CT molecular complexity index is 492. The third-order valence-electron chi connectivity index (χ3n) is 4.96. The van der Waals surface area contributed by atoms with E-state index in [-0.39, 0.29) is 23.5 Å². The van der Waals surface area contributed by atoms with E-state index < -0.39 is 5.60 Å². The molecule has 0 aromatic heterocycles. The van der Waals surface area contributed by atoms with Crippen LogP contribution in [-0.2, 0) is 9.53 Å². The summed E-state index contributed by atoms with van der Waals surface area (Å²) in [6, 6.07) is 0.161. The van der Waals surface area contributed by atoms with E-state index in [0.717, 1.165) is 25.8 Å². The smallest absolute Gasteiger partial charge is 0.410 e. The van der Waals surface area contributed by atoms with Gasteiger partial charge in [-0.05, 0) is 72.0 Å². The highest BCUT2D eigenvalue weighted by Gasteiger charge is 2.30. The summed E-state index contributed by atoms with van der Waals surface area (Å²) in [5, 5.41) is 3.23. The number of ether oxygens (including phenoxy) is 1. The van der Waals surface area contributed by atoms with Gasteiger partial charge in [-0.25, -0.2) is 4.79 Å². The Labute approximate surface area is 166 Å². The summed E-state index contributed by atoms with van der Waals surface area (Å²) in [6.45, 7) is 14.5. The molecule has 0 bridgehead atoms. The van der Waals surface area contributed by atoms with Gasteiger partial charge in [0.15, 0.2) is 0 Å². The minimum absolute atomic E-state index is 0.0343. The number of amides is 2. The van der Waals surface area contributed by atoms with Crippen LogP contribution >= 0.6 is 0 Å². The first-order chi connectivity index (χ1) is 12.3. The Morgan fingerprint density at radius 2 is 1.81 bits per heavy atom. The molecule has 0 aromatic rings. The van der Waals surface area contributed by atoms with E-state index >= 15 is 0 Å².